The van der Waals surface area contributed by atoms with Crippen LogP contribution in [0.25, 0.3) is 0 Å². The molecule has 0 saturated heterocycles. The molecule has 0 fully saturated rings. The van der Waals surface area contributed by atoms with E-state index in [9.17, 15) is 4.79 Å². The van der Waals surface area contributed by atoms with E-state index in [2.05, 4.69) is 10.3 Å². The largest absolute Gasteiger partial charge is 0.497 e. The first-order valence-electron chi connectivity index (χ1n) is 7.73. The molecule has 1 heterocycles. The van der Waals surface area contributed by atoms with Crippen molar-refractivity contribution in [2.45, 2.75) is 20.4 Å². The molecule has 6 nitrogen and oxygen atoms in total. The van der Waals surface area contributed by atoms with E-state index in [1.54, 1.807) is 43.7 Å². The van der Waals surface area contributed by atoms with Crippen molar-refractivity contribution in [2.75, 3.05) is 13.7 Å². The van der Waals surface area contributed by atoms with Crippen LogP contribution in [0.3, 0.4) is 0 Å². The summed E-state index contributed by atoms with van der Waals surface area (Å²) in [6, 6.07) is 10.6. The number of hydrogen-bond acceptors (Lipinski definition) is 5. The van der Waals surface area contributed by atoms with Gasteiger partial charge in [0.05, 0.1) is 20.0 Å². The summed E-state index contributed by atoms with van der Waals surface area (Å²) in [4.78, 5) is 16.6. The van der Waals surface area contributed by atoms with Gasteiger partial charge in [0.1, 0.15) is 18.1 Å². The molecule has 1 N–H and O–H groups in total. The molecular weight excluding hydrogens is 308 g/mol. The monoisotopic (exact) mass is 330 g/mol. The number of furan rings is 1. The number of carbonyl (C=O) groups is 1. The van der Waals surface area contributed by atoms with Crippen LogP contribution in [-0.2, 0) is 11.3 Å². The Labute approximate surface area is 141 Å². The quantitative estimate of drug-likeness (QED) is 0.652. The molecule has 1 aromatic heterocycles. The number of benzene rings is 1. The van der Waals surface area contributed by atoms with Crippen molar-refractivity contribution in [1.29, 1.82) is 0 Å². The van der Waals surface area contributed by atoms with E-state index in [0.717, 1.165) is 0 Å². The van der Waals surface area contributed by atoms with E-state index >= 15 is 0 Å². The highest BCUT2D eigenvalue weighted by Crippen LogP contribution is 2.11. The van der Waals surface area contributed by atoms with E-state index in [4.69, 9.17) is 13.9 Å². The molecule has 0 saturated carbocycles. The van der Waals surface area contributed by atoms with Crippen LogP contribution in [0.1, 0.15) is 30.0 Å². The Kier molecular flexibility index (Phi) is 6.42. The molecule has 1 amide bonds. The number of amides is 1. The van der Waals surface area contributed by atoms with Crippen molar-refractivity contribution in [1.82, 2.24) is 5.32 Å². The number of amidine groups is 1. The van der Waals surface area contributed by atoms with Gasteiger partial charge in [0.25, 0.3) is 11.9 Å². The van der Waals surface area contributed by atoms with Crippen LogP contribution in [0.15, 0.2) is 52.1 Å². The summed E-state index contributed by atoms with van der Waals surface area (Å²) >= 11 is 0. The van der Waals surface area contributed by atoms with Gasteiger partial charge in [-0.2, -0.15) is 0 Å². The first kappa shape index (κ1) is 17.6. The van der Waals surface area contributed by atoms with Gasteiger partial charge in [-0.15, -0.1) is 0 Å². The van der Waals surface area contributed by atoms with Gasteiger partial charge >= 0.3 is 0 Å². The minimum absolute atomic E-state index is 0.181. The third kappa shape index (κ3) is 5.46. The second kappa shape index (κ2) is 8.76. The Bertz CT molecular complexity index is 661. The van der Waals surface area contributed by atoms with Crippen molar-refractivity contribution in [3.8, 4) is 5.75 Å². The summed E-state index contributed by atoms with van der Waals surface area (Å²) in [6.07, 6.45) is 1.58. The maximum Gasteiger partial charge on any atom is 0.292 e. The van der Waals surface area contributed by atoms with Crippen molar-refractivity contribution < 1.29 is 18.7 Å². The van der Waals surface area contributed by atoms with E-state index in [0.29, 0.717) is 36.1 Å². The molecule has 1 aromatic carbocycles. The Balaban J connectivity index is 2.04. The molecule has 0 aliphatic heterocycles. The SMILES string of the molecule is COc1ccc(C(=O)NC(=NCc2ccco2)OCC(C)C)cc1. The number of aliphatic imine (C=N–C) groups is 1. The minimum Gasteiger partial charge on any atom is -0.497 e. The topological polar surface area (TPSA) is 73.1 Å². The van der Waals surface area contributed by atoms with E-state index in [-0.39, 0.29) is 11.9 Å². The molecule has 0 aliphatic rings. The van der Waals surface area contributed by atoms with Gasteiger partial charge in [-0.1, -0.05) is 13.8 Å². The van der Waals surface area contributed by atoms with E-state index < -0.39 is 0 Å². The average Bonchev–Trinajstić information content (AvgIpc) is 3.10. The van der Waals surface area contributed by atoms with E-state index in [1.165, 1.54) is 0 Å². The van der Waals surface area contributed by atoms with Crippen LogP contribution in [-0.4, -0.2) is 25.6 Å². The molecule has 24 heavy (non-hydrogen) atoms. The lowest BCUT2D eigenvalue weighted by atomic mass is 10.2. The second-order valence-corrected chi connectivity index (χ2v) is 5.59. The molecule has 0 aliphatic carbocycles. The number of hydrogen-bond donors (Lipinski definition) is 1. The van der Waals surface area contributed by atoms with Crippen LogP contribution in [0.2, 0.25) is 0 Å². The highest BCUT2D eigenvalue weighted by Gasteiger charge is 2.11. The summed E-state index contributed by atoms with van der Waals surface area (Å²) in [5, 5.41) is 2.69. The lowest BCUT2D eigenvalue weighted by Crippen LogP contribution is -2.33. The maximum absolute atomic E-state index is 12.3. The molecule has 0 spiro atoms. The first-order chi connectivity index (χ1) is 11.6. The van der Waals surface area contributed by atoms with Gasteiger partial charge < -0.3 is 13.9 Å². The minimum atomic E-state index is -0.292. The first-order valence-corrected chi connectivity index (χ1v) is 7.73. The van der Waals surface area contributed by atoms with Gasteiger partial charge in [0.15, 0.2) is 0 Å². The fourth-order valence-electron chi connectivity index (χ4n) is 1.83. The zero-order valence-corrected chi connectivity index (χ0v) is 14.1. The number of carbonyl (C=O) groups excluding carboxylic acids is 1. The highest BCUT2D eigenvalue weighted by molar-refractivity contribution is 6.04. The van der Waals surface area contributed by atoms with Crippen LogP contribution in [0, 0.1) is 5.92 Å². The summed E-state index contributed by atoms with van der Waals surface area (Å²) in [5.41, 5.74) is 0.495. The number of ether oxygens (including phenoxy) is 2. The smallest absolute Gasteiger partial charge is 0.292 e. The van der Waals surface area contributed by atoms with Crippen molar-refractivity contribution in [3.63, 3.8) is 0 Å². The highest BCUT2D eigenvalue weighted by atomic mass is 16.5. The number of methoxy groups -OCH3 is 1. The average molecular weight is 330 g/mol. The van der Waals surface area contributed by atoms with Crippen LogP contribution < -0.4 is 10.1 Å². The maximum atomic E-state index is 12.3. The normalized spacial score (nSPS) is 11.4. The molecule has 0 unspecified atom stereocenters. The van der Waals surface area contributed by atoms with Gasteiger partial charge in [-0.05, 0) is 42.3 Å². The van der Waals surface area contributed by atoms with Gasteiger partial charge in [0, 0.05) is 5.56 Å². The summed E-state index contributed by atoms with van der Waals surface area (Å²) < 4.78 is 15.9. The molecule has 0 atom stereocenters. The standard InChI is InChI=1S/C18H22N2O4/c1-13(2)12-24-18(19-11-16-5-4-10-23-16)20-17(21)14-6-8-15(22-3)9-7-14/h4-10,13H,11-12H2,1-3H3,(H,19,20,21). The Morgan fingerprint density at radius 3 is 2.58 bits per heavy atom. The predicted molar refractivity (Wildman–Crippen MR) is 91.1 cm³/mol. The summed E-state index contributed by atoms with van der Waals surface area (Å²) in [7, 11) is 1.58. The fraction of sp³-hybridized carbons (Fsp3) is 0.333. The molecule has 6 heteroatoms. The molecule has 0 bridgehead atoms. The molecular formula is C18H22N2O4. The number of nitrogens with one attached hydrogen (secondary N) is 1. The van der Waals surface area contributed by atoms with Gasteiger partial charge in [0.2, 0.25) is 0 Å². The van der Waals surface area contributed by atoms with Crippen LogP contribution >= 0.6 is 0 Å². The van der Waals surface area contributed by atoms with Gasteiger partial charge in [-0.3, -0.25) is 10.1 Å². The molecule has 128 valence electrons. The molecule has 2 aromatic rings. The fourth-order valence-corrected chi connectivity index (χ4v) is 1.83. The van der Waals surface area contributed by atoms with Crippen molar-refractivity contribution >= 4 is 11.9 Å². The third-order valence-corrected chi connectivity index (χ3v) is 3.08. The second-order valence-electron chi connectivity index (χ2n) is 5.59. The van der Waals surface area contributed by atoms with Crippen molar-refractivity contribution in [2.24, 2.45) is 10.9 Å². The van der Waals surface area contributed by atoms with Crippen molar-refractivity contribution in [3.05, 3.63) is 54.0 Å². The Morgan fingerprint density at radius 1 is 1.25 bits per heavy atom. The van der Waals surface area contributed by atoms with E-state index in [1.807, 2.05) is 19.9 Å². The van der Waals surface area contributed by atoms with Crippen LogP contribution in [0.4, 0.5) is 0 Å². The Morgan fingerprint density at radius 2 is 2.00 bits per heavy atom. The zero-order valence-electron chi connectivity index (χ0n) is 14.1. The molecule has 2 rings (SSSR count). The molecule has 0 radical (unpaired) electrons. The number of rotatable bonds is 6. The summed E-state index contributed by atoms with van der Waals surface area (Å²) in [5.74, 6) is 1.41. The van der Waals surface area contributed by atoms with Gasteiger partial charge in [-0.25, -0.2) is 4.99 Å². The zero-order chi connectivity index (χ0) is 17.4. The Hall–Kier alpha value is -2.76. The number of nitrogens with zero attached hydrogens (tertiary/aromatic N) is 1. The lowest BCUT2D eigenvalue weighted by molar-refractivity contribution is 0.0963. The third-order valence-electron chi connectivity index (χ3n) is 3.08. The lowest BCUT2D eigenvalue weighted by Gasteiger charge is -2.12. The van der Waals surface area contributed by atoms with Crippen LogP contribution in [0.5, 0.6) is 5.75 Å². The summed E-state index contributed by atoms with van der Waals surface area (Å²) in [6.45, 7) is 4.80. The predicted octanol–water partition coefficient (Wildman–Crippen LogP) is 3.25.